The molecule has 0 amide bonds. The number of para-hydroxylation sites is 1. The van der Waals surface area contributed by atoms with E-state index in [1.165, 1.54) is 34.0 Å². The van der Waals surface area contributed by atoms with Crippen molar-refractivity contribution in [2.24, 2.45) is 0 Å². The zero-order valence-corrected chi connectivity index (χ0v) is 19.6. The highest BCUT2D eigenvalue weighted by atomic mass is 32.2. The van der Waals surface area contributed by atoms with Crippen molar-refractivity contribution in [3.05, 3.63) is 87.8 Å². The second-order valence-corrected chi connectivity index (χ2v) is 10.1. The maximum Gasteiger partial charge on any atom is 0.260 e. The topological polar surface area (TPSA) is 75.9 Å². The lowest BCUT2D eigenvalue weighted by Crippen LogP contribution is -2.12. The number of thiophene rings is 1. The molecule has 1 N–H and O–H groups in total. The summed E-state index contributed by atoms with van der Waals surface area (Å²) in [7, 11) is 0. The fraction of sp³-hybridized carbons (Fsp3) is 0.120. The number of hydrogen-bond acceptors (Lipinski definition) is 6. The van der Waals surface area contributed by atoms with Crippen molar-refractivity contribution in [3.8, 4) is 11.1 Å². The van der Waals surface area contributed by atoms with E-state index in [0.717, 1.165) is 32.3 Å². The van der Waals surface area contributed by atoms with Crippen molar-refractivity contribution < 1.29 is 0 Å². The largest absolute Gasteiger partial charge is 0.309 e. The second-order valence-electron chi connectivity index (χ2n) is 7.93. The van der Waals surface area contributed by atoms with E-state index in [4.69, 9.17) is 4.98 Å². The Bertz CT molecular complexity index is 1700. The van der Waals surface area contributed by atoms with Gasteiger partial charge in [-0.2, -0.15) is 0 Å². The minimum atomic E-state index is -0.116. The van der Waals surface area contributed by atoms with Crippen LogP contribution in [0.5, 0.6) is 0 Å². The van der Waals surface area contributed by atoms with Crippen LogP contribution in [0.25, 0.3) is 37.9 Å². The number of thioether (sulfide) groups is 1. The minimum absolute atomic E-state index is 0.114. The van der Waals surface area contributed by atoms with Crippen LogP contribution >= 0.6 is 23.1 Å². The van der Waals surface area contributed by atoms with E-state index >= 15 is 0 Å². The summed E-state index contributed by atoms with van der Waals surface area (Å²) in [6.45, 7) is 4.11. The first-order valence-electron chi connectivity index (χ1n) is 10.6. The van der Waals surface area contributed by atoms with Crippen molar-refractivity contribution in [1.82, 2.24) is 24.6 Å². The summed E-state index contributed by atoms with van der Waals surface area (Å²) >= 11 is 3.03. The van der Waals surface area contributed by atoms with Gasteiger partial charge in [0.25, 0.3) is 5.56 Å². The molecule has 6 rings (SSSR count). The molecule has 162 valence electrons. The van der Waals surface area contributed by atoms with Crippen LogP contribution in [0, 0.1) is 6.92 Å². The quantitative estimate of drug-likeness (QED) is 0.320. The smallest absolute Gasteiger partial charge is 0.260 e. The van der Waals surface area contributed by atoms with Gasteiger partial charge in [-0.25, -0.2) is 4.98 Å². The third-order valence-corrected chi connectivity index (χ3v) is 7.71. The van der Waals surface area contributed by atoms with Crippen molar-refractivity contribution in [1.29, 1.82) is 0 Å². The number of hydrogen-bond donors (Lipinski definition) is 1. The predicted octanol–water partition coefficient (Wildman–Crippen LogP) is 6.01. The van der Waals surface area contributed by atoms with Gasteiger partial charge in [0.15, 0.2) is 10.8 Å². The van der Waals surface area contributed by atoms with E-state index in [2.05, 4.69) is 38.6 Å². The van der Waals surface area contributed by atoms with Gasteiger partial charge in [0.2, 0.25) is 0 Å². The minimum Gasteiger partial charge on any atom is -0.309 e. The van der Waals surface area contributed by atoms with Crippen molar-refractivity contribution >= 4 is 49.9 Å². The average Bonchev–Trinajstić information content (AvgIpc) is 3.44. The van der Waals surface area contributed by atoms with Crippen molar-refractivity contribution in [2.75, 3.05) is 0 Å². The van der Waals surface area contributed by atoms with Gasteiger partial charge in [-0.3, -0.25) is 9.20 Å². The van der Waals surface area contributed by atoms with E-state index in [-0.39, 0.29) is 10.8 Å². The normalized spacial score (nSPS) is 12.7. The van der Waals surface area contributed by atoms with Crippen molar-refractivity contribution in [2.45, 2.75) is 24.3 Å². The molecular formula is C25H19N5OS2. The summed E-state index contributed by atoms with van der Waals surface area (Å²) in [5.74, 6) is 0.632. The molecule has 1 atom stereocenters. The summed E-state index contributed by atoms with van der Waals surface area (Å²) < 4.78 is 2.07. The fourth-order valence-electron chi connectivity index (χ4n) is 4.15. The Morgan fingerprint density at radius 2 is 1.85 bits per heavy atom. The molecule has 2 aromatic carbocycles. The highest BCUT2D eigenvalue weighted by Gasteiger charge is 2.19. The molecule has 6 nitrogen and oxygen atoms in total. The Hall–Kier alpha value is -3.49. The number of nitrogens with zero attached hydrogens (tertiary/aromatic N) is 4. The first-order valence-corrected chi connectivity index (χ1v) is 12.3. The Morgan fingerprint density at radius 1 is 1.06 bits per heavy atom. The first-order chi connectivity index (χ1) is 16.1. The first kappa shape index (κ1) is 20.1. The molecule has 8 heteroatoms. The predicted molar refractivity (Wildman–Crippen MR) is 135 cm³/mol. The highest BCUT2D eigenvalue weighted by Crippen LogP contribution is 2.36. The lowest BCUT2D eigenvalue weighted by molar-refractivity contribution is 0.893. The van der Waals surface area contributed by atoms with Gasteiger partial charge >= 0.3 is 0 Å². The van der Waals surface area contributed by atoms with E-state index in [1.54, 1.807) is 0 Å². The van der Waals surface area contributed by atoms with Gasteiger partial charge in [0.1, 0.15) is 10.7 Å². The van der Waals surface area contributed by atoms with Crippen LogP contribution in [-0.2, 0) is 0 Å². The molecule has 0 radical (unpaired) electrons. The van der Waals surface area contributed by atoms with Gasteiger partial charge in [-0.15, -0.1) is 21.5 Å². The molecular weight excluding hydrogens is 450 g/mol. The fourth-order valence-corrected chi connectivity index (χ4v) is 6.03. The van der Waals surface area contributed by atoms with E-state index in [1.807, 2.05) is 60.8 Å². The molecule has 0 aliphatic carbocycles. The van der Waals surface area contributed by atoms with Crippen LogP contribution in [-0.4, -0.2) is 24.6 Å². The number of aromatic amines is 1. The van der Waals surface area contributed by atoms with Crippen LogP contribution in [0.4, 0.5) is 0 Å². The maximum atomic E-state index is 13.1. The molecule has 33 heavy (non-hydrogen) atoms. The lowest BCUT2D eigenvalue weighted by Gasteiger charge is -2.11. The molecule has 0 fully saturated rings. The number of pyridine rings is 1. The maximum absolute atomic E-state index is 13.1. The molecule has 0 spiro atoms. The van der Waals surface area contributed by atoms with Gasteiger partial charge in [-0.1, -0.05) is 60.3 Å². The molecule has 0 aliphatic rings. The van der Waals surface area contributed by atoms with Gasteiger partial charge < -0.3 is 4.98 Å². The summed E-state index contributed by atoms with van der Waals surface area (Å²) in [4.78, 5) is 21.6. The molecule has 4 heterocycles. The molecule has 6 aromatic rings. The zero-order chi connectivity index (χ0) is 22.5. The number of benzene rings is 2. The Kier molecular flexibility index (Phi) is 4.78. The average molecular weight is 470 g/mol. The molecule has 0 saturated heterocycles. The third-order valence-electron chi connectivity index (χ3n) is 5.79. The van der Waals surface area contributed by atoms with Gasteiger partial charge in [0.05, 0.1) is 16.2 Å². The number of fused-ring (bicyclic) bond motifs is 4. The van der Waals surface area contributed by atoms with Crippen LogP contribution in [0.1, 0.15) is 23.6 Å². The monoisotopic (exact) mass is 469 g/mol. The molecule has 0 saturated carbocycles. The third kappa shape index (κ3) is 3.34. The summed E-state index contributed by atoms with van der Waals surface area (Å²) in [6, 6.07) is 20.2. The van der Waals surface area contributed by atoms with Gasteiger partial charge in [0, 0.05) is 16.3 Å². The summed E-state index contributed by atoms with van der Waals surface area (Å²) in [6.07, 6.45) is 0. The lowest BCUT2D eigenvalue weighted by atomic mass is 10.1. The molecule has 0 bridgehead atoms. The Morgan fingerprint density at radius 3 is 2.70 bits per heavy atom. The summed E-state index contributed by atoms with van der Waals surface area (Å²) in [5, 5.41) is 13.3. The second kappa shape index (κ2) is 7.83. The van der Waals surface area contributed by atoms with Crippen molar-refractivity contribution in [3.63, 3.8) is 0 Å². The molecule has 4 aromatic heterocycles. The number of aromatic nitrogens is 5. The van der Waals surface area contributed by atoms with Crippen LogP contribution in [0.15, 0.2) is 76.0 Å². The number of aryl methyl sites for hydroxylation is 1. The van der Waals surface area contributed by atoms with Crippen LogP contribution in [0.3, 0.4) is 0 Å². The summed E-state index contributed by atoms with van der Waals surface area (Å²) in [5.41, 5.74) is 4.86. The number of rotatable bonds is 4. The van der Waals surface area contributed by atoms with E-state index in [9.17, 15) is 4.79 Å². The van der Waals surface area contributed by atoms with Crippen LogP contribution in [0.2, 0.25) is 0 Å². The number of H-pyrrole nitrogens is 1. The highest BCUT2D eigenvalue weighted by molar-refractivity contribution is 7.99. The SMILES string of the molecule is Cc1cc2nnc(SC(C)c3nc4scc(-c5ccccc5)c4c(=O)[nH]3)n2c2ccccc12. The van der Waals surface area contributed by atoms with E-state index in [0.29, 0.717) is 11.2 Å². The number of nitrogens with one attached hydrogen (secondary N) is 1. The van der Waals surface area contributed by atoms with E-state index < -0.39 is 0 Å². The van der Waals surface area contributed by atoms with Gasteiger partial charge in [-0.05, 0) is 37.1 Å². The zero-order valence-electron chi connectivity index (χ0n) is 17.9. The van der Waals surface area contributed by atoms with Crippen LogP contribution < -0.4 is 5.56 Å². The Balaban J connectivity index is 1.41. The molecule has 1 unspecified atom stereocenters. The standard InChI is InChI=1S/C25H19N5OS2/c1-14-12-20-28-29-25(30(20)19-11-7-6-10-17(14)19)33-15(2)22-26-23(31)21-18(13-32-24(21)27-22)16-8-4-3-5-9-16/h3-13,15H,1-2H3,(H,26,27,31). The Labute approximate surface area is 197 Å². The molecule has 0 aliphatic heterocycles.